The van der Waals surface area contributed by atoms with Crippen LogP contribution in [0.5, 0.6) is 5.75 Å². The van der Waals surface area contributed by atoms with E-state index in [-0.39, 0.29) is 11.9 Å². The second-order valence-corrected chi connectivity index (χ2v) is 7.56. The molecule has 1 aromatic carbocycles. The largest absolute Gasteiger partial charge is 0.497 e. The van der Waals surface area contributed by atoms with Gasteiger partial charge in [-0.2, -0.15) is 0 Å². The van der Waals surface area contributed by atoms with E-state index in [9.17, 15) is 9.90 Å². The van der Waals surface area contributed by atoms with Crippen molar-refractivity contribution < 1.29 is 14.6 Å². The lowest BCUT2D eigenvalue weighted by atomic mass is 9.96. The third-order valence-corrected chi connectivity index (χ3v) is 5.15. The number of likely N-dealkylation sites (tertiary alicyclic amines) is 1. The standard InChI is InChI=1S/C18H23N3O3S/c1-18(2,23)15-5-4-10-21(15)16(22)14-11-25-17(20-14)19-12-6-8-13(24-3)9-7-12/h6-9,11,15,23H,4-5,10H2,1-3H3,(H,19,20)/t15-/m1/s1. The van der Waals surface area contributed by atoms with Crippen LogP contribution in [0.4, 0.5) is 10.8 Å². The predicted octanol–water partition coefficient (Wildman–Crippen LogP) is 3.27. The maximum Gasteiger partial charge on any atom is 0.273 e. The molecule has 2 heterocycles. The number of aliphatic hydroxyl groups is 1. The second kappa shape index (κ2) is 7.01. The first-order chi connectivity index (χ1) is 11.9. The first kappa shape index (κ1) is 17.7. The monoisotopic (exact) mass is 361 g/mol. The van der Waals surface area contributed by atoms with Crippen LogP contribution in [-0.4, -0.2) is 46.2 Å². The number of amides is 1. The molecule has 0 radical (unpaired) electrons. The zero-order valence-corrected chi connectivity index (χ0v) is 15.5. The van der Waals surface area contributed by atoms with Crippen molar-refractivity contribution in [2.45, 2.75) is 38.3 Å². The minimum atomic E-state index is -0.910. The summed E-state index contributed by atoms with van der Waals surface area (Å²) in [7, 11) is 1.63. The minimum absolute atomic E-state index is 0.122. The van der Waals surface area contributed by atoms with E-state index in [1.165, 1.54) is 11.3 Å². The number of hydrogen-bond donors (Lipinski definition) is 2. The molecule has 25 heavy (non-hydrogen) atoms. The van der Waals surface area contributed by atoms with Gasteiger partial charge >= 0.3 is 0 Å². The van der Waals surface area contributed by atoms with Crippen LogP contribution in [0.1, 0.15) is 37.2 Å². The first-order valence-electron chi connectivity index (χ1n) is 8.28. The molecule has 2 N–H and O–H groups in total. The minimum Gasteiger partial charge on any atom is -0.497 e. The van der Waals surface area contributed by atoms with Crippen LogP contribution >= 0.6 is 11.3 Å². The summed E-state index contributed by atoms with van der Waals surface area (Å²) in [6, 6.07) is 7.35. The van der Waals surface area contributed by atoms with Crippen molar-refractivity contribution in [1.82, 2.24) is 9.88 Å². The van der Waals surface area contributed by atoms with Gasteiger partial charge < -0.3 is 20.1 Å². The zero-order valence-electron chi connectivity index (χ0n) is 14.7. The Balaban J connectivity index is 1.71. The Morgan fingerprint density at radius 1 is 1.40 bits per heavy atom. The molecule has 7 heteroatoms. The van der Waals surface area contributed by atoms with E-state index in [4.69, 9.17) is 4.74 Å². The summed E-state index contributed by atoms with van der Waals surface area (Å²) < 4.78 is 5.14. The smallest absolute Gasteiger partial charge is 0.273 e. The van der Waals surface area contributed by atoms with E-state index < -0.39 is 5.60 Å². The summed E-state index contributed by atoms with van der Waals surface area (Å²) in [6.45, 7) is 4.16. The molecule has 0 unspecified atom stereocenters. The van der Waals surface area contributed by atoms with Crippen LogP contribution in [0, 0.1) is 0 Å². The van der Waals surface area contributed by atoms with Gasteiger partial charge in [0.15, 0.2) is 5.13 Å². The van der Waals surface area contributed by atoms with Gasteiger partial charge in [-0.1, -0.05) is 0 Å². The van der Waals surface area contributed by atoms with Crippen molar-refractivity contribution >= 4 is 28.1 Å². The third kappa shape index (κ3) is 3.93. The van der Waals surface area contributed by atoms with Gasteiger partial charge in [0.2, 0.25) is 0 Å². The number of nitrogens with zero attached hydrogens (tertiary/aromatic N) is 2. The number of ether oxygens (including phenoxy) is 1. The van der Waals surface area contributed by atoms with E-state index in [0.29, 0.717) is 17.4 Å². The Labute approximate surface area is 151 Å². The number of benzene rings is 1. The van der Waals surface area contributed by atoms with Crippen molar-refractivity contribution in [2.24, 2.45) is 0 Å². The SMILES string of the molecule is COc1ccc(Nc2nc(C(=O)N3CCC[C@@H]3C(C)(C)O)cs2)cc1. The number of rotatable bonds is 5. The quantitative estimate of drug-likeness (QED) is 0.855. The van der Waals surface area contributed by atoms with E-state index in [1.807, 2.05) is 24.3 Å². The van der Waals surface area contributed by atoms with Crippen LogP contribution in [-0.2, 0) is 0 Å². The normalized spacial score (nSPS) is 17.6. The lowest BCUT2D eigenvalue weighted by Gasteiger charge is -2.33. The van der Waals surface area contributed by atoms with Gasteiger partial charge in [0.25, 0.3) is 5.91 Å². The van der Waals surface area contributed by atoms with E-state index >= 15 is 0 Å². The molecule has 1 fully saturated rings. The van der Waals surface area contributed by atoms with Crippen molar-refractivity contribution in [1.29, 1.82) is 0 Å². The number of aromatic nitrogens is 1. The molecule has 1 aromatic heterocycles. The zero-order chi connectivity index (χ0) is 18.0. The topological polar surface area (TPSA) is 74.7 Å². The van der Waals surface area contributed by atoms with Crippen LogP contribution < -0.4 is 10.1 Å². The van der Waals surface area contributed by atoms with Crippen LogP contribution in [0.25, 0.3) is 0 Å². The van der Waals surface area contributed by atoms with E-state index in [0.717, 1.165) is 24.3 Å². The molecule has 3 rings (SSSR count). The number of carbonyl (C=O) groups is 1. The molecule has 0 aliphatic carbocycles. The fraction of sp³-hybridized carbons (Fsp3) is 0.444. The summed E-state index contributed by atoms with van der Waals surface area (Å²) in [5.74, 6) is 0.663. The number of carbonyl (C=O) groups excluding carboxylic acids is 1. The highest BCUT2D eigenvalue weighted by Gasteiger charge is 2.39. The van der Waals surface area contributed by atoms with Crippen molar-refractivity contribution in [3.05, 3.63) is 35.3 Å². The molecule has 1 amide bonds. The highest BCUT2D eigenvalue weighted by Crippen LogP contribution is 2.29. The van der Waals surface area contributed by atoms with E-state index in [1.54, 1.807) is 31.2 Å². The van der Waals surface area contributed by atoms with Crippen molar-refractivity contribution in [3.8, 4) is 5.75 Å². The first-order valence-corrected chi connectivity index (χ1v) is 9.16. The third-order valence-electron chi connectivity index (χ3n) is 4.39. The summed E-state index contributed by atoms with van der Waals surface area (Å²) in [4.78, 5) is 18.9. The Kier molecular flexibility index (Phi) is 4.96. The number of anilines is 2. The van der Waals surface area contributed by atoms with Gasteiger partial charge in [-0.15, -0.1) is 11.3 Å². The van der Waals surface area contributed by atoms with Crippen molar-refractivity contribution in [2.75, 3.05) is 19.0 Å². The van der Waals surface area contributed by atoms with Gasteiger partial charge in [0.05, 0.1) is 18.8 Å². The predicted molar refractivity (Wildman–Crippen MR) is 98.7 cm³/mol. The number of nitrogens with one attached hydrogen (secondary N) is 1. The summed E-state index contributed by atoms with van der Waals surface area (Å²) in [5.41, 5.74) is 0.383. The molecule has 1 aliphatic heterocycles. The maximum atomic E-state index is 12.8. The molecule has 134 valence electrons. The molecule has 0 spiro atoms. The number of hydrogen-bond acceptors (Lipinski definition) is 6. The summed E-state index contributed by atoms with van der Waals surface area (Å²) in [5, 5.41) is 15.9. The lowest BCUT2D eigenvalue weighted by molar-refractivity contribution is 0.000156. The molecular formula is C18H23N3O3S. The van der Waals surface area contributed by atoms with Crippen LogP contribution in [0.3, 0.4) is 0 Å². The van der Waals surface area contributed by atoms with Gasteiger partial charge in [-0.05, 0) is 51.0 Å². The molecule has 2 aromatic rings. The Morgan fingerprint density at radius 2 is 2.12 bits per heavy atom. The highest BCUT2D eigenvalue weighted by atomic mass is 32.1. The van der Waals surface area contributed by atoms with Gasteiger partial charge in [-0.25, -0.2) is 4.98 Å². The Hall–Kier alpha value is -2.12. The van der Waals surface area contributed by atoms with E-state index in [2.05, 4.69) is 10.3 Å². The molecule has 0 saturated carbocycles. The Morgan fingerprint density at radius 3 is 2.76 bits per heavy atom. The van der Waals surface area contributed by atoms with Gasteiger partial charge in [0.1, 0.15) is 11.4 Å². The number of thiazole rings is 1. The molecule has 1 atom stereocenters. The highest BCUT2D eigenvalue weighted by molar-refractivity contribution is 7.14. The molecular weight excluding hydrogens is 338 g/mol. The average molecular weight is 361 g/mol. The van der Waals surface area contributed by atoms with Crippen LogP contribution in [0.15, 0.2) is 29.6 Å². The fourth-order valence-corrected chi connectivity index (χ4v) is 3.82. The van der Waals surface area contributed by atoms with Gasteiger partial charge in [-0.3, -0.25) is 4.79 Å². The maximum absolute atomic E-state index is 12.8. The van der Waals surface area contributed by atoms with Gasteiger partial charge in [0, 0.05) is 17.6 Å². The number of methoxy groups -OCH3 is 1. The second-order valence-electron chi connectivity index (χ2n) is 6.70. The fourth-order valence-electron chi connectivity index (χ4n) is 3.12. The summed E-state index contributed by atoms with van der Waals surface area (Å²) in [6.07, 6.45) is 1.72. The summed E-state index contributed by atoms with van der Waals surface area (Å²) >= 11 is 1.39. The van der Waals surface area contributed by atoms with Crippen LogP contribution in [0.2, 0.25) is 0 Å². The Bertz CT molecular complexity index is 737. The lowest BCUT2D eigenvalue weighted by Crippen LogP contribution is -2.48. The van der Waals surface area contributed by atoms with Crippen molar-refractivity contribution in [3.63, 3.8) is 0 Å². The molecule has 1 aliphatic rings. The molecule has 0 bridgehead atoms. The average Bonchev–Trinajstić information content (AvgIpc) is 3.24. The molecule has 6 nitrogen and oxygen atoms in total. The molecule has 1 saturated heterocycles.